The third-order valence-corrected chi connectivity index (χ3v) is 24.3. The van der Waals surface area contributed by atoms with Crippen LogP contribution < -0.4 is 0 Å². The molecule has 7 heteroatoms. The molecule has 24 rings (SSSR count). The molecule has 0 bridgehead atoms. The Morgan fingerprint density at radius 3 is 0.548 bits per heavy atom. The Kier molecular flexibility index (Phi) is 19.9. The number of aromatic nitrogens is 7. The van der Waals surface area contributed by atoms with Gasteiger partial charge >= 0.3 is 0 Å². The van der Waals surface area contributed by atoms with E-state index >= 15 is 0 Å². The van der Waals surface area contributed by atoms with Crippen LogP contribution in [0.5, 0.6) is 0 Å². The Morgan fingerprint density at radius 2 is 0.286 bits per heavy atom. The molecule has 24 aromatic rings. The van der Waals surface area contributed by atoms with Crippen molar-refractivity contribution in [2.45, 2.75) is 0 Å². The van der Waals surface area contributed by atoms with Crippen LogP contribution in [0, 0.1) is 0 Å². The summed E-state index contributed by atoms with van der Waals surface area (Å²) in [6, 6.07) is 149. The molecule has 126 heavy (non-hydrogen) atoms. The molecular formula is C119H77N7. The predicted molar refractivity (Wildman–Crippen MR) is 527 cm³/mol. The van der Waals surface area contributed by atoms with E-state index in [1.165, 1.54) is 136 Å². The molecule has 7 aromatic heterocycles. The van der Waals surface area contributed by atoms with E-state index in [-0.39, 0.29) is 0 Å². The van der Waals surface area contributed by atoms with Crippen LogP contribution in [-0.4, -0.2) is 34.9 Å². The van der Waals surface area contributed by atoms with Gasteiger partial charge in [0.15, 0.2) is 0 Å². The van der Waals surface area contributed by atoms with Gasteiger partial charge in [0.05, 0.1) is 34.2 Å². The molecule has 0 aliphatic rings. The van der Waals surface area contributed by atoms with Gasteiger partial charge < -0.3 is 0 Å². The summed E-state index contributed by atoms with van der Waals surface area (Å²) < 4.78 is 0. The molecule has 0 aliphatic heterocycles. The standard InChI is InChI=1S/C41H27N.2C39H25N3/c1-3-12-28(13-4-1)40-26-33(27-41(42-40)29-14-5-2-6-15-29)31-17-11-16-30(24-31)32-22-23-38-36-20-8-7-18-34(36)35-19-9-10-21-37(35)39(38)25-32;1-2-14-34-32(12-1)33-13-3-4-15-35(33)37-21-28(16-17-36(34)37)26-8-5-9-27(20-26)31-22-38(29-10-6-18-40-24-29)42-39(23-31)30-11-7-19-41-25-30;1-2-11-34-32(9-1)33-10-3-4-12-35(33)37-21-28(17-18-36(34)37)26-13-15-27(16-14-26)31-22-38(29-7-5-19-40-24-29)42-39(23-31)30-8-6-20-41-25-30/h1-27H;2*1-25H. The fourth-order valence-corrected chi connectivity index (χ4v) is 18.1. The van der Waals surface area contributed by atoms with Crippen molar-refractivity contribution in [3.8, 4) is 134 Å². The van der Waals surface area contributed by atoms with Gasteiger partial charge in [0.2, 0.25) is 0 Å². The maximum atomic E-state index is 5.07. The third-order valence-electron chi connectivity index (χ3n) is 24.3. The zero-order valence-electron chi connectivity index (χ0n) is 68.6. The first-order valence-corrected chi connectivity index (χ1v) is 42.6. The second-order valence-corrected chi connectivity index (χ2v) is 31.9. The number of pyridine rings is 7. The van der Waals surface area contributed by atoms with Crippen LogP contribution in [0.4, 0.5) is 0 Å². The molecule has 17 aromatic carbocycles. The van der Waals surface area contributed by atoms with E-state index in [1.807, 2.05) is 85.5 Å². The first-order chi connectivity index (χ1) is 62.4. The Hall–Kier alpha value is -16.9. The maximum absolute atomic E-state index is 5.07. The van der Waals surface area contributed by atoms with Gasteiger partial charge in [0.1, 0.15) is 0 Å². The summed E-state index contributed by atoms with van der Waals surface area (Å²) in [5, 5.41) is 23.2. The van der Waals surface area contributed by atoms with Crippen molar-refractivity contribution in [3.63, 3.8) is 0 Å². The lowest BCUT2D eigenvalue weighted by atomic mass is 9.91. The third kappa shape index (κ3) is 14.7. The van der Waals surface area contributed by atoms with E-state index < -0.39 is 0 Å². The highest BCUT2D eigenvalue weighted by Crippen LogP contribution is 2.44. The van der Waals surface area contributed by atoms with Crippen LogP contribution >= 0.6 is 0 Å². The van der Waals surface area contributed by atoms with E-state index in [9.17, 15) is 0 Å². The lowest BCUT2D eigenvalue weighted by molar-refractivity contribution is 1.26. The second-order valence-electron chi connectivity index (χ2n) is 31.9. The minimum atomic E-state index is 0.883. The van der Waals surface area contributed by atoms with Crippen molar-refractivity contribution in [2.75, 3.05) is 0 Å². The predicted octanol–water partition coefficient (Wildman–Crippen LogP) is 31.2. The highest BCUT2D eigenvalue weighted by Gasteiger charge is 2.19. The molecule has 0 spiro atoms. The number of hydrogen-bond donors (Lipinski definition) is 0. The highest BCUT2D eigenvalue weighted by molar-refractivity contribution is 6.28. The van der Waals surface area contributed by atoms with Crippen LogP contribution in [0.15, 0.2) is 468 Å². The van der Waals surface area contributed by atoms with Gasteiger partial charge in [-0.15, -0.1) is 0 Å². The number of benzene rings is 17. The molecule has 588 valence electrons. The van der Waals surface area contributed by atoms with E-state index in [0.717, 1.165) is 95.4 Å². The largest absolute Gasteiger partial charge is 0.264 e. The number of hydrogen-bond acceptors (Lipinski definition) is 7. The van der Waals surface area contributed by atoms with Gasteiger partial charge in [0.25, 0.3) is 0 Å². The van der Waals surface area contributed by atoms with Gasteiger partial charge in [-0.3, -0.25) is 19.9 Å². The lowest BCUT2D eigenvalue weighted by Crippen LogP contribution is -1.92. The number of nitrogens with zero attached hydrogens (tertiary/aromatic N) is 7. The summed E-state index contributed by atoms with van der Waals surface area (Å²) in [6.45, 7) is 0. The Bertz CT molecular complexity index is 7630. The molecule has 0 atom stereocenters. The number of fused-ring (bicyclic) bond motifs is 18. The monoisotopic (exact) mass is 1600 g/mol. The molecule has 0 unspecified atom stereocenters. The van der Waals surface area contributed by atoms with Crippen LogP contribution in [-0.2, 0) is 0 Å². The molecule has 0 N–H and O–H groups in total. The SMILES string of the molecule is c1cc(-c2cc(-c3cccnc3)nc(-c3cccnc3)c2)cc(-c2ccc3c4ccccc4c4ccccc4c3c2)c1.c1ccc(-c2cc(-c3cccc(-c4ccc5c6ccccc6c6ccccc6c5c4)c3)cc(-c3ccccc3)n2)cc1.c1cncc(-c2cc(-c3ccc(-c4ccc5c6ccccc6c6ccccc6c5c4)cc3)cc(-c3cccnc3)n2)c1. The summed E-state index contributed by atoms with van der Waals surface area (Å²) in [4.78, 5) is 32.3. The van der Waals surface area contributed by atoms with Gasteiger partial charge in [-0.2, -0.15) is 0 Å². The first kappa shape index (κ1) is 75.3. The molecule has 0 saturated heterocycles. The molecule has 0 fully saturated rings. The molecular weight excluding hydrogens is 1530 g/mol. The second kappa shape index (κ2) is 33.3. The average molecular weight is 1600 g/mol. The lowest BCUT2D eigenvalue weighted by Gasteiger charge is -2.13. The fraction of sp³-hybridized carbons (Fsp3) is 0. The average Bonchev–Trinajstić information content (AvgIpc) is 0.742. The Balaban J connectivity index is 0.000000112. The topological polar surface area (TPSA) is 90.2 Å². The molecule has 7 heterocycles. The minimum absolute atomic E-state index is 0.883. The molecule has 0 saturated carbocycles. The van der Waals surface area contributed by atoms with E-state index in [2.05, 4.69) is 378 Å². The maximum Gasteiger partial charge on any atom is 0.0731 e. The van der Waals surface area contributed by atoms with Gasteiger partial charge in [-0.1, -0.05) is 303 Å². The van der Waals surface area contributed by atoms with Crippen LogP contribution in [0.25, 0.3) is 231 Å². The molecule has 0 radical (unpaired) electrons. The van der Waals surface area contributed by atoms with Crippen molar-refractivity contribution < 1.29 is 0 Å². The van der Waals surface area contributed by atoms with Crippen LogP contribution in [0.2, 0.25) is 0 Å². The smallest absolute Gasteiger partial charge is 0.0731 e. The zero-order chi connectivity index (χ0) is 83.6. The van der Waals surface area contributed by atoms with Gasteiger partial charge in [0, 0.05) is 83.0 Å². The van der Waals surface area contributed by atoms with Crippen molar-refractivity contribution in [1.82, 2.24) is 34.9 Å². The molecule has 0 amide bonds. The Morgan fingerprint density at radius 1 is 0.103 bits per heavy atom. The first-order valence-electron chi connectivity index (χ1n) is 42.6. The van der Waals surface area contributed by atoms with E-state index in [4.69, 9.17) is 15.0 Å². The summed E-state index contributed by atoms with van der Waals surface area (Å²) in [6.07, 6.45) is 14.6. The van der Waals surface area contributed by atoms with E-state index in [0.29, 0.717) is 0 Å². The quantitative estimate of drug-likeness (QED) is 0.113. The van der Waals surface area contributed by atoms with Crippen LogP contribution in [0.3, 0.4) is 0 Å². The highest BCUT2D eigenvalue weighted by atomic mass is 14.8. The zero-order valence-corrected chi connectivity index (χ0v) is 68.6. The van der Waals surface area contributed by atoms with Crippen molar-refractivity contribution in [2.24, 2.45) is 0 Å². The van der Waals surface area contributed by atoms with Gasteiger partial charge in [-0.25, -0.2) is 15.0 Å². The number of rotatable bonds is 12. The van der Waals surface area contributed by atoms with Crippen molar-refractivity contribution in [3.05, 3.63) is 468 Å². The Labute approximate surface area is 729 Å². The summed E-state index contributed by atoms with van der Waals surface area (Å²) >= 11 is 0. The molecule has 7 nitrogen and oxygen atoms in total. The van der Waals surface area contributed by atoms with Crippen LogP contribution in [0.1, 0.15) is 0 Å². The van der Waals surface area contributed by atoms with E-state index in [1.54, 1.807) is 24.8 Å². The summed E-state index contributed by atoms with van der Waals surface area (Å²) in [5.74, 6) is 0. The molecule has 0 aliphatic carbocycles. The van der Waals surface area contributed by atoms with Crippen molar-refractivity contribution >= 4 is 97.0 Å². The summed E-state index contributed by atoms with van der Waals surface area (Å²) in [7, 11) is 0. The van der Waals surface area contributed by atoms with Gasteiger partial charge in [-0.05, 0) is 279 Å². The summed E-state index contributed by atoms with van der Waals surface area (Å²) in [5.41, 5.74) is 25.6. The van der Waals surface area contributed by atoms with Crippen molar-refractivity contribution in [1.29, 1.82) is 0 Å². The minimum Gasteiger partial charge on any atom is -0.264 e. The normalized spacial score (nSPS) is 11.3. The fourth-order valence-electron chi connectivity index (χ4n) is 18.1.